The van der Waals surface area contributed by atoms with E-state index in [4.69, 9.17) is 0 Å². The molecule has 0 aromatic rings. The highest BCUT2D eigenvalue weighted by atomic mass is 32.2. The van der Waals surface area contributed by atoms with Crippen molar-refractivity contribution in [3.8, 4) is 0 Å². The molecule has 0 radical (unpaired) electrons. The average molecular weight is 393 g/mol. The largest absolute Gasteiger partial charge is 0.743 e. The Kier molecular flexibility index (Phi) is 9.24. The van der Waals surface area contributed by atoms with E-state index in [0.29, 0.717) is 0 Å². The van der Waals surface area contributed by atoms with E-state index < -0.39 is 33.9 Å². The molecule has 0 rings (SSSR count). The van der Waals surface area contributed by atoms with Crippen LogP contribution in [0.2, 0.25) is 0 Å². The minimum Gasteiger partial charge on any atom is -0.743 e. The first-order valence-electron chi connectivity index (χ1n) is 7.05. The summed E-state index contributed by atoms with van der Waals surface area (Å²) < 4.78 is 114. The van der Waals surface area contributed by atoms with Crippen LogP contribution >= 0.6 is 0 Å². The molecule has 0 aliphatic carbocycles. The van der Waals surface area contributed by atoms with Gasteiger partial charge in [0, 0.05) is 0 Å². The molecule has 0 heterocycles. The normalized spacial score (nSPS) is 14.2. The summed E-state index contributed by atoms with van der Waals surface area (Å²) >= 11 is 0. The SMILES string of the molecule is CC[N+](CC)(CC)CC.O=S(=O)([O-])C(F)(F)C(F)(F)C(F)(F)CF. The Bertz CT molecular complexity index is 462. The second-order valence-corrected chi connectivity index (χ2v) is 6.41. The molecule has 0 atom stereocenters. The van der Waals surface area contributed by atoms with Crippen molar-refractivity contribution in [2.24, 2.45) is 0 Å². The quantitative estimate of drug-likeness (QED) is 0.361. The Morgan fingerprint density at radius 3 is 1.25 bits per heavy atom. The Morgan fingerprint density at radius 1 is 0.833 bits per heavy atom. The van der Waals surface area contributed by atoms with Gasteiger partial charge in [-0.1, -0.05) is 0 Å². The number of quaternary nitrogens is 1. The van der Waals surface area contributed by atoms with Crippen LogP contribution in [0.25, 0.3) is 0 Å². The van der Waals surface area contributed by atoms with Gasteiger partial charge in [0.15, 0.2) is 16.8 Å². The van der Waals surface area contributed by atoms with Gasteiger partial charge in [0.05, 0.1) is 26.2 Å². The van der Waals surface area contributed by atoms with E-state index in [1.165, 1.54) is 30.7 Å². The Labute approximate surface area is 137 Å². The maximum atomic E-state index is 12.2. The molecule has 4 nitrogen and oxygen atoms in total. The van der Waals surface area contributed by atoms with Crippen LogP contribution in [-0.2, 0) is 10.1 Å². The lowest BCUT2D eigenvalue weighted by Gasteiger charge is -2.34. The predicted octanol–water partition coefficient (Wildman–Crippen LogP) is 3.25. The van der Waals surface area contributed by atoms with Gasteiger partial charge in [-0.2, -0.15) is 26.3 Å². The Balaban J connectivity index is 0. The predicted molar refractivity (Wildman–Crippen MR) is 72.9 cm³/mol. The van der Waals surface area contributed by atoms with E-state index in [0.717, 1.165) is 0 Å². The van der Waals surface area contributed by atoms with Crippen molar-refractivity contribution >= 4 is 10.1 Å². The summed E-state index contributed by atoms with van der Waals surface area (Å²) in [6.07, 6.45) is 0. The van der Waals surface area contributed by atoms with E-state index in [9.17, 15) is 43.7 Å². The van der Waals surface area contributed by atoms with E-state index in [2.05, 4.69) is 27.7 Å². The third-order valence-corrected chi connectivity index (χ3v) is 4.87. The van der Waals surface area contributed by atoms with Gasteiger partial charge >= 0.3 is 17.1 Å². The second-order valence-electron chi connectivity index (χ2n) is 4.99. The fourth-order valence-electron chi connectivity index (χ4n) is 1.80. The van der Waals surface area contributed by atoms with Crippen molar-refractivity contribution in [1.29, 1.82) is 0 Å². The van der Waals surface area contributed by atoms with E-state index in [1.54, 1.807) is 0 Å². The zero-order valence-electron chi connectivity index (χ0n) is 13.8. The van der Waals surface area contributed by atoms with Gasteiger partial charge in [0.1, 0.15) is 0 Å². The van der Waals surface area contributed by atoms with E-state index in [-0.39, 0.29) is 0 Å². The summed E-state index contributed by atoms with van der Waals surface area (Å²) in [6, 6.07) is 0. The summed E-state index contributed by atoms with van der Waals surface area (Å²) in [5, 5.41) is -6.59. The van der Waals surface area contributed by atoms with Gasteiger partial charge in [-0.25, -0.2) is 12.8 Å². The number of hydrogen-bond donors (Lipinski definition) is 0. The summed E-state index contributed by atoms with van der Waals surface area (Å²) in [5.74, 6) is -12.6. The molecular weight excluding hydrogens is 371 g/mol. The van der Waals surface area contributed by atoms with Crippen molar-refractivity contribution in [2.75, 3.05) is 32.9 Å². The molecule has 0 aromatic heterocycles. The molecule has 0 amide bonds. The summed E-state index contributed by atoms with van der Waals surface area (Å²) in [5.41, 5.74) is 0. The van der Waals surface area contributed by atoms with Gasteiger partial charge in [0.2, 0.25) is 0 Å². The first-order chi connectivity index (χ1) is 10.6. The molecule has 148 valence electrons. The molecule has 0 saturated heterocycles. The van der Waals surface area contributed by atoms with Crippen molar-refractivity contribution in [3.05, 3.63) is 0 Å². The fraction of sp³-hybridized carbons (Fsp3) is 1.00. The molecule has 0 spiro atoms. The van der Waals surface area contributed by atoms with Crippen LogP contribution in [0, 0.1) is 0 Å². The molecule has 0 saturated carbocycles. The number of alkyl halides is 7. The minimum atomic E-state index is -7.03. The van der Waals surface area contributed by atoms with Crippen molar-refractivity contribution < 1.29 is 48.2 Å². The smallest absolute Gasteiger partial charge is 0.402 e. The van der Waals surface area contributed by atoms with Crippen LogP contribution in [0.4, 0.5) is 30.7 Å². The minimum absolute atomic E-state index is 1.28. The first-order valence-corrected chi connectivity index (χ1v) is 8.46. The molecule has 0 aliphatic heterocycles. The highest BCUT2D eigenvalue weighted by molar-refractivity contribution is 7.86. The number of halogens is 7. The monoisotopic (exact) mass is 393 g/mol. The first kappa shape index (κ1) is 25.6. The average Bonchev–Trinajstić information content (AvgIpc) is 2.49. The van der Waals surface area contributed by atoms with Gasteiger partial charge in [0.25, 0.3) is 0 Å². The molecule has 0 bridgehead atoms. The third-order valence-electron chi connectivity index (χ3n) is 3.99. The lowest BCUT2D eigenvalue weighted by Crippen LogP contribution is -2.58. The van der Waals surface area contributed by atoms with Crippen LogP contribution in [0.1, 0.15) is 27.7 Å². The van der Waals surface area contributed by atoms with Gasteiger partial charge < -0.3 is 9.04 Å². The second kappa shape index (κ2) is 8.65. The zero-order valence-corrected chi connectivity index (χ0v) is 14.6. The lowest BCUT2D eigenvalue weighted by molar-refractivity contribution is -0.921. The maximum absolute atomic E-state index is 12.2. The van der Waals surface area contributed by atoms with Crippen molar-refractivity contribution in [3.63, 3.8) is 0 Å². The van der Waals surface area contributed by atoms with Crippen LogP contribution < -0.4 is 0 Å². The fourth-order valence-corrected chi connectivity index (χ4v) is 2.26. The van der Waals surface area contributed by atoms with Crippen molar-refractivity contribution in [2.45, 2.75) is 44.8 Å². The maximum Gasteiger partial charge on any atom is 0.402 e. The van der Waals surface area contributed by atoms with Gasteiger partial charge in [-0.05, 0) is 27.7 Å². The highest BCUT2D eigenvalue weighted by Gasteiger charge is 2.75. The molecule has 12 heteroatoms. The molecule has 0 aliphatic rings. The highest BCUT2D eigenvalue weighted by Crippen LogP contribution is 2.48. The van der Waals surface area contributed by atoms with Crippen LogP contribution in [-0.4, -0.2) is 67.4 Å². The Morgan fingerprint density at radius 2 is 1.12 bits per heavy atom. The lowest BCUT2D eigenvalue weighted by atomic mass is 10.2. The number of hydrogen-bond acceptors (Lipinski definition) is 3. The van der Waals surface area contributed by atoms with E-state index >= 15 is 0 Å². The zero-order chi connectivity index (χ0) is 20.0. The van der Waals surface area contributed by atoms with E-state index in [1.807, 2.05) is 0 Å². The molecular formula is C12H22F7NO3S. The van der Waals surface area contributed by atoms with Crippen LogP contribution in [0.3, 0.4) is 0 Å². The molecule has 0 fully saturated rings. The standard InChI is InChI=1S/C8H20N.C4H3F7O3S/c1-5-9(6-2,7-3)8-4;5-1-2(6,7)3(8,9)4(10,11)15(12,13)14/h5-8H2,1-4H3;1H2,(H,12,13,14)/q+1;/p-1. The molecule has 0 N–H and O–H groups in total. The van der Waals surface area contributed by atoms with Crippen LogP contribution in [0.5, 0.6) is 0 Å². The summed E-state index contributed by atoms with van der Waals surface area (Å²) in [4.78, 5) is 0. The third kappa shape index (κ3) is 5.19. The summed E-state index contributed by atoms with van der Waals surface area (Å²) in [7, 11) is -7.03. The number of nitrogens with zero attached hydrogens (tertiary/aromatic N) is 1. The molecule has 24 heavy (non-hydrogen) atoms. The molecule has 0 aromatic carbocycles. The topological polar surface area (TPSA) is 57.2 Å². The van der Waals surface area contributed by atoms with Gasteiger partial charge in [-0.3, -0.25) is 0 Å². The molecule has 0 unspecified atom stereocenters. The Hall–Kier alpha value is -0.620. The van der Waals surface area contributed by atoms with Gasteiger partial charge in [-0.15, -0.1) is 0 Å². The summed E-state index contributed by atoms with van der Waals surface area (Å²) in [6.45, 7) is 11.0. The van der Waals surface area contributed by atoms with Crippen LogP contribution in [0.15, 0.2) is 0 Å². The van der Waals surface area contributed by atoms with Crippen molar-refractivity contribution in [1.82, 2.24) is 0 Å². The number of rotatable bonds is 8.